The highest BCUT2D eigenvalue weighted by atomic mass is 32.1. The van der Waals surface area contributed by atoms with Gasteiger partial charge >= 0.3 is 0 Å². The number of terminal acetylenes is 1. The van der Waals surface area contributed by atoms with Crippen molar-refractivity contribution >= 4 is 23.0 Å². The van der Waals surface area contributed by atoms with Crippen LogP contribution in [0.3, 0.4) is 0 Å². The van der Waals surface area contributed by atoms with Gasteiger partial charge in [-0.15, -0.1) is 6.42 Å². The first-order valence-corrected chi connectivity index (χ1v) is 10.5. The molecule has 2 N–H and O–H groups in total. The number of hydrogen-bond donors (Lipinski definition) is 2. The molecule has 0 amide bonds. The first kappa shape index (κ1) is 22.1. The Balaban J connectivity index is 1.97. The predicted molar refractivity (Wildman–Crippen MR) is 114 cm³/mol. The summed E-state index contributed by atoms with van der Waals surface area (Å²) in [7, 11) is 1.60. The van der Waals surface area contributed by atoms with Gasteiger partial charge in [0.15, 0.2) is 5.05 Å². The Kier molecular flexibility index (Phi) is 8.47. The fraction of sp³-hybridized carbons (Fsp3) is 0.727. The Hall–Kier alpha value is -1.22. The van der Waals surface area contributed by atoms with Crippen molar-refractivity contribution in [3.05, 3.63) is 12.2 Å². The molecule has 1 saturated carbocycles. The van der Waals surface area contributed by atoms with Crippen LogP contribution in [0.2, 0.25) is 0 Å². The zero-order chi connectivity index (χ0) is 19.9. The molecular formula is C22H33NO3S. The van der Waals surface area contributed by atoms with Gasteiger partial charge in [0.25, 0.3) is 0 Å². The summed E-state index contributed by atoms with van der Waals surface area (Å²) in [6.07, 6.45) is 16.6. The number of thiocarbonyl (C=S) groups is 1. The number of aliphatic imine (C=N–C) groups is 1. The van der Waals surface area contributed by atoms with Crippen molar-refractivity contribution in [3.8, 4) is 12.3 Å². The number of hydrogen-bond acceptors (Lipinski definition) is 5. The van der Waals surface area contributed by atoms with Crippen molar-refractivity contribution in [1.29, 1.82) is 0 Å². The maximum absolute atomic E-state index is 10.6. The van der Waals surface area contributed by atoms with Crippen molar-refractivity contribution < 1.29 is 14.9 Å². The molecule has 5 atom stereocenters. The lowest BCUT2D eigenvalue weighted by Gasteiger charge is -2.22. The number of fused-ring (bicyclic) bond motifs is 1. The van der Waals surface area contributed by atoms with Gasteiger partial charge in [0, 0.05) is 30.4 Å². The predicted octanol–water partition coefficient (Wildman–Crippen LogP) is 3.84. The van der Waals surface area contributed by atoms with E-state index in [1.54, 1.807) is 7.11 Å². The lowest BCUT2D eigenvalue weighted by atomic mass is 9.82. The number of ether oxygens (including phenoxy) is 1. The number of methoxy groups -OCH3 is 1. The molecule has 0 saturated heterocycles. The molecule has 1 aliphatic heterocycles. The molecule has 1 aliphatic carbocycles. The van der Waals surface area contributed by atoms with Gasteiger partial charge in [-0.25, -0.2) is 0 Å². The first-order valence-electron chi connectivity index (χ1n) is 10.1. The monoisotopic (exact) mass is 391 g/mol. The summed E-state index contributed by atoms with van der Waals surface area (Å²) in [6.45, 7) is 2.15. The van der Waals surface area contributed by atoms with Gasteiger partial charge in [0.1, 0.15) is 5.54 Å². The van der Waals surface area contributed by atoms with Crippen molar-refractivity contribution in [2.45, 2.75) is 82.5 Å². The van der Waals surface area contributed by atoms with Gasteiger partial charge in [-0.1, -0.05) is 44.3 Å². The minimum absolute atomic E-state index is 0.0526. The Bertz CT molecular complexity index is 609. The van der Waals surface area contributed by atoms with Crippen LogP contribution in [-0.2, 0) is 4.74 Å². The number of aliphatic hydroxyl groups excluding tert-OH is 2. The topological polar surface area (TPSA) is 62.0 Å². The van der Waals surface area contributed by atoms with Gasteiger partial charge in [-0.05, 0) is 37.9 Å². The molecule has 5 heteroatoms. The maximum atomic E-state index is 10.6. The molecule has 0 spiro atoms. The second-order valence-electron chi connectivity index (χ2n) is 7.78. The van der Waals surface area contributed by atoms with Crippen LogP contribution in [0, 0.1) is 24.2 Å². The summed E-state index contributed by atoms with van der Waals surface area (Å²) in [4.78, 5) is 4.85. The summed E-state index contributed by atoms with van der Waals surface area (Å²) >= 11 is 5.09. The molecule has 150 valence electrons. The average molecular weight is 392 g/mol. The lowest BCUT2D eigenvalue weighted by Crippen LogP contribution is -2.27. The smallest absolute Gasteiger partial charge is 0.159 e. The third-order valence-electron chi connectivity index (χ3n) is 5.84. The third-order valence-corrected chi connectivity index (χ3v) is 6.21. The van der Waals surface area contributed by atoms with Crippen LogP contribution in [0.5, 0.6) is 0 Å². The zero-order valence-corrected chi connectivity index (χ0v) is 17.4. The minimum Gasteiger partial charge on any atom is -0.490 e. The maximum Gasteiger partial charge on any atom is 0.159 e. The van der Waals surface area contributed by atoms with E-state index in [1.165, 1.54) is 0 Å². The van der Waals surface area contributed by atoms with E-state index in [2.05, 4.69) is 12.8 Å². The molecule has 1 fully saturated rings. The van der Waals surface area contributed by atoms with E-state index in [0.29, 0.717) is 11.5 Å². The summed E-state index contributed by atoms with van der Waals surface area (Å²) in [5, 5.41) is 21.3. The Morgan fingerprint density at radius 2 is 2.26 bits per heavy atom. The Morgan fingerprint density at radius 1 is 1.48 bits per heavy atom. The standard InChI is InChI=1S/C22H33NO3S/c1-4-6-7-10-17(24)12-13-18-19-14-16(9-8-11-21(27)26-3)23-22(19,5-2)15-20(18)25/h2,12-13,17-20,24-25H,4,6-11,14-15H2,1,3H3/t17-,18?,19?,20?,22?/m0/s1. The van der Waals surface area contributed by atoms with Crippen LogP contribution in [0.25, 0.3) is 0 Å². The van der Waals surface area contributed by atoms with E-state index in [0.717, 1.165) is 57.1 Å². The largest absolute Gasteiger partial charge is 0.490 e. The fourth-order valence-corrected chi connectivity index (χ4v) is 4.47. The van der Waals surface area contributed by atoms with E-state index >= 15 is 0 Å². The molecule has 2 aliphatic rings. The molecule has 2 rings (SSSR count). The number of nitrogens with zero attached hydrogens (tertiary/aromatic N) is 1. The van der Waals surface area contributed by atoms with E-state index < -0.39 is 17.7 Å². The quantitative estimate of drug-likeness (QED) is 0.257. The van der Waals surface area contributed by atoms with Gasteiger partial charge in [-0.3, -0.25) is 4.99 Å². The lowest BCUT2D eigenvalue weighted by molar-refractivity contribution is 0.140. The highest BCUT2D eigenvalue weighted by Crippen LogP contribution is 2.49. The van der Waals surface area contributed by atoms with Crippen LogP contribution in [0.1, 0.15) is 64.7 Å². The van der Waals surface area contributed by atoms with E-state index in [9.17, 15) is 10.2 Å². The van der Waals surface area contributed by atoms with Crippen molar-refractivity contribution in [2.24, 2.45) is 16.8 Å². The number of aliphatic hydroxyl groups is 2. The van der Waals surface area contributed by atoms with Crippen molar-refractivity contribution in [1.82, 2.24) is 0 Å². The van der Waals surface area contributed by atoms with Gasteiger partial charge in [0.2, 0.25) is 0 Å². The van der Waals surface area contributed by atoms with Gasteiger partial charge < -0.3 is 14.9 Å². The van der Waals surface area contributed by atoms with Gasteiger partial charge in [0.05, 0.1) is 19.3 Å². The second kappa shape index (κ2) is 10.4. The fourth-order valence-electron chi connectivity index (χ4n) is 4.32. The van der Waals surface area contributed by atoms with E-state index in [-0.39, 0.29) is 11.8 Å². The molecule has 4 unspecified atom stereocenters. The molecule has 0 aromatic rings. The second-order valence-corrected chi connectivity index (χ2v) is 8.24. The molecule has 1 heterocycles. The van der Waals surface area contributed by atoms with Gasteiger partial charge in [-0.2, -0.15) is 0 Å². The Morgan fingerprint density at radius 3 is 2.93 bits per heavy atom. The molecule has 0 aromatic carbocycles. The SMILES string of the molecule is C#CC12CC(O)C(C=C[C@@H](O)CCCCC)C1CC(CCCC(=S)OC)=N2. The summed E-state index contributed by atoms with van der Waals surface area (Å²) in [6, 6.07) is 0. The van der Waals surface area contributed by atoms with Crippen molar-refractivity contribution in [2.75, 3.05) is 7.11 Å². The Labute approximate surface area is 169 Å². The van der Waals surface area contributed by atoms with Crippen LogP contribution in [-0.4, -0.2) is 45.8 Å². The molecule has 0 bridgehead atoms. The molecule has 0 aromatic heterocycles. The third kappa shape index (κ3) is 5.63. The number of unbranched alkanes of at least 4 members (excludes halogenated alkanes) is 2. The van der Waals surface area contributed by atoms with Crippen LogP contribution >= 0.6 is 12.2 Å². The van der Waals surface area contributed by atoms with Crippen LogP contribution in [0.15, 0.2) is 17.1 Å². The highest BCUT2D eigenvalue weighted by molar-refractivity contribution is 7.80. The average Bonchev–Trinajstić information content (AvgIpc) is 3.12. The molecule has 0 radical (unpaired) electrons. The molecular weight excluding hydrogens is 358 g/mol. The molecule has 4 nitrogen and oxygen atoms in total. The van der Waals surface area contributed by atoms with Crippen LogP contribution < -0.4 is 0 Å². The van der Waals surface area contributed by atoms with Crippen LogP contribution in [0.4, 0.5) is 0 Å². The summed E-state index contributed by atoms with van der Waals surface area (Å²) < 4.78 is 5.04. The highest BCUT2D eigenvalue weighted by Gasteiger charge is 2.54. The minimum atomic E-state index is -0.599. The summed E-state index contributed by atoms with van der Waals surface area (Å²) in [5.74, 6) is 2.93. The summed E-state index contributed by atoms with van der Waals surface area (Å²) in [5.41, 5.74) is 0.518. The zero-order valence-electron chi connectivity index (χ0n) is 16.6. The van der Waals surface area contributed by atoms with E-state index in [4.69, 9.17) is 28.4 Å². The van der Waals surface area contributed by atoms with E-state index in [1.807, 2.05) is 12.2 Å². The van der Waals surface area contributed by atoms with Crippen molar-refractivity contribution in [3.63, 3.8) is 0 Å². The normalized spacial score (nSPS) is 30.8. The molecule has 27 heavy (non-hydrogen) atoms. The first-order chi connectivity index (χ1) is 13.0. The number of rotatable bonds is 10.